The molecule has 0 unspecified atom stereocenters. The van der Waals surface area contributed by atoms with Crippen LogP contribution < -0.4 is 10.1 Å². The highest BCUT2D eigenvalue weighted by Gasteiger charge is 2.33. The van der Waals surface area contributed by atoms with Gasteiger partial charge < -0.3 is 19.6 Å². The highest BCUT2D eigenvalue weighted by molar-refractivity contribution is 6.13. The minimum Gasteiger partial charge on any atom is -0.496 e. The molecule has 6 rings (SSSR count). The number of hydrogen-bond acceptors (Lipinski definition) is 7. The van der Waals surface area contributed by atoms with Gasteiger partial charge in [0.1, 0.15) is 41.2 Å². The van der Waals surface area contributed by atoms with Crippen molar-refractivity contribution in [1.82, 2.24) is 29.9 Å². The maximum Gasteiger partial charge on any atom is 0.408 e. The van der Waals surface area contributed by atoms with Crippen LogP contribution in [-0.4, -0.2) is 43.2 Å². The molecule has 1 saturated carbocycles. The van der Waals surface area contributed by atoms with Crippen LogP contribution in [0.4, 0.5) is 24.8 Å². The van der Waals surface area contributed by atoms with Crippen molar-refractivity contribution in [1.29, 1.82) is 0 Å². The molecule has 0 atom stereocenters. The highest BCUT2D eigenvalue weighted by atomic mass is 19.4. The molecule has 0 saturated heterocycles. The number of fused-ring (bicyclic) bond motifs is 3. The summed E-state index contributed by atoms with van der Waals surface area (Å²) in [6.45, 7) is 4.23. The molecule has 1 fully saturated rings. The van der Waals surface area contributed by atoms with E-state index in [0.29, 0.717) is 39.9 Å². The Morgan fingerprint density at radius 2 is 1.95 bits per heavy atom. The number of nitrogens with one attached hydrogen (secondary N) is 2. The number of aromatic nitrogens is 6. The average Bonchev–Trinajstić information content (AvgIpc) is 3.40. The number of hydrogen-bond donors (Lipinski definition) is 2. The quantitative estimate of drug-likeness (QED) is 0.285. The number of anilines is 2. The highest BCUT2D eigenvalue weighted by Crippen LogP contribution is 2.43. The Hall–Kier alpha value is -4.09. The van der Waals surface area contributed by atoms with Crippen molar-refractivity contribution in [3.63, 3.8) is 0 Å². The summed E-state index contributed by atoms with van der Waals surface area (Å²) >= 11 is 0. The largest absolute Gasteiger partial charge is 0.496 e. The molecular weight excluding hydrogens is 487 g/mol. The minimum absolute atomic E-state index is 0.197. The van der Waals surface area contributed by atoms with Crippen LogP contribution >= 0.6 is 0 Å². The predicted octanol–water partition coefficient (Wildman–Crippen LogP) is 6.08. The topological polar surface area (TPSA) is 107 Å². The van der Waals surface area contributed by atoms with Crippen LogP contribution in [0.15, 0.2) is 22.7 Å². The van der Waals surface area contributed by atoms with Crippen LogP contribution in [0.25, 0.3) is 33.1 Å². The lowest BCUT2D eigenvalue weighted by Gasteiger charge is -2.13. The lowest BCUT2D eigenvalue weighted by molar-refractivity contribution is -0.142. The first-order valence-electron chi connectivity index (χ1n) is 11.8. The summed E-state index contributed by atoms with van der Waals surface area (Å²) in [6.07, 6.45) is -2.56. The molecule has 5 aromatic rings. The maximum atomic E-state index is 13.3. The predicted molar refractivity (Wildman–Crippen MR) is 131 cm³/mol. The molecule has 1 aliphatic carbocycles. The Morgan fingerprint density at radius 1 is 1.16 bits per heavy atom. The summed E-state index contributed by atoms with van der Waals surface area (Å²) in [5, 5.41) is 12.8. The van der Waals surface area contributed by atoms with Crippen molar-refractivity contribution in [3.8, 4) is 16.9 Å². The van der Waals surface area contributed by atoms with Gasteiger partial charge in [-0.1, -0.05) is 5.16 Å². The number of alkyl halides is 3. The first-order valence-corrected chi connectivity index (χ1v) is 11.8. The molecule has 1 aromatic carbocycles. The van der Waals surface area contributed by atoms with Crippen LogP contribution in [0.2, 0.25) is 0 Å². The van der Waals surface area contributed by atoms with Gasteiger partial charge in [0.25, 0.3) is 0 Å². The molecular formula is C25H24F3N7O2. The summed E-state index contributed by atoms with van der Waals surface area (Å²) in [5.74, 6) is 2.52. The second kappa shape index (κ2) is 8.22. The van der Waals surface area contributed by atoms with E-state index in [0.717, 1.165) is 45.2 Å². The van der Waals surface area contributed by atoms with Gasteiger partial charge in [0.2, 0.25) is 0 Å². The van der Waals surface area contributed by atoms with Crippen molar-refractivity contribution < 1.29 is 22.4 Å². The fourth-order valence-electron chi connectivity index (χ4n) is 4.79. The maximum absolute atomic E-state index is 13.3. The van der Waals surface area contributed by atoms with Crippen molar-refractivity contribution in [2.45, 2.75) is 52.3 Å². The fraction of sp³-hybridized carbons (Fsp3) is 0.360. The van der Waals surface area contributed by atoms with E-state index < -0.39 is 12.7 Å². The van der Waals surface area contributed by atoms with Crippen molar-refractivity contribution in [2.75, 3.05) is 12.4 Å². The number of aryl methyl sites for hydroxylation is 3. The van der Waals surface area contributed by atoms with Gasteiger partial charge in [-0.25, -0.2) is 14.6 Å². The van der Waals surface area contributed by atoms with E-state index in [9.17, 15) is 13.2 Å². The monoisotopic (exact) mass is 511 g/mol. The molecule has 12 heteroatoms. The zero-order chi connectivity index (χ0) is 26.1. The number of nitrogens with zero attached hydrogens (tertiary/aromatic N) is 5. The van der Waals surface area contributed by atoms with Crippen LogP contribution in [0.1, 0.15) is 41.7 Å². The van der Waals surface area contributed by atoms with E-state index in [4.69, 9.17) is 9.26 Å². The zero-order valence-electron chi connectivity index (χ0n) is 20.6. The van der Waals surface area contributed by atoms with Crippen molar-refractivity contribution in [2.24, 2.45) is 0 Å². The van der Waals surface area contributed by atoms with Gasteiger partial charge in [-0.15, -0.1) is 0 Å². The lowest BCUT2D eigenvalue weighted by Crippen LogP contribution is -2.20. The van der Waals surface area contributed by atoms with Crippen LogP contribution in [-0.2, 0) is 6.54 Å². The molecule has 9 nitrogen and oxygen atoms in total. The van der Waals surface area contributed by atoms with E-state index in [-0.39, 0.29) is 11.7 Å². The first kappa shape index (κ1) is 23.3. The molecule has 37 heavy (non-hydrogen) atoms. The number of benzene rings is 1. The van der Waals surface area contributed by atoms with Crippen molar-refractivity contribution in [3.05, 3.63) is 41.2 Å². The molecule has 0 radical (unpaired) electrons. The molecule has 0 spiro atoms. The average molecular weight is 512 g/mol. The van der Waals surface area contributed by atoms with E-state index in [1.807, 2.05) is 26.0 Å². The third kappa shape index (κ3) is 4.15. The minimum atomic E-state index is -4.41. The van der Waals surface area contributed by atoms with E-state index >= 15 is 0 Å². The first-order chi connectivity index (χ1) is 17.6. The fourth-order valence-corrected chi connectivity index (χ4v) is 4.79. The zero-order valence-corrected chi connectivity index (χ0v) is 20.6. The van der Waals surface area contributed by atoms with Gasteiger partial charge in [-0.05, 0) is 45.7 Å². The van der Waals surface area contributed by atoms with Crippen LogP contribution in [0, 0.1) is 20.8 Å². The van der Waals surface area contributed by atoms with E-state index in [1.54, 1.807) is 20.1 Å². The second-order valence-electron chi connectivity index (χ2n) is 9.39. The third-order valence-corrected chi connectivity index (χ3v) is 6.56. The molecule has 192 valence electrons. The summed E-state index contributed by atoms with van der Waals surface area (Å²) in [5.41, 5.74) is 4.33. The number of methoxy groups -OCH3 is 1. The Balaban J connectivity index is 1.52. The van der Waals surface area contributed by atoms with Gasteiger partial charge in [-0.3, -0.25) is 0 Å². The van der Waals surface area contributed by atoms with Gasteiger partial charge >= 0.3 is 6.18 Å². The molecule has 4 heterocycles. The standard InChI is InChI=1S/C25H24F3N7O2/c1-11-21(12(2)37-34-11)16-7-18-15(8-19(16)36-4)22-23(31-18)29-13(3)30-24(22)32-20-9-17(14-5-6-14)33-35(20)10-25(26,27)28/h7-9,14H,5-6,10H2,1-4H3,(H2,29,30,31,32). The van der Waals surface area contributed by atoms with Gasteiger partial charge in [0, 0.05) is 28.5 Å². The summed E-state index contributed by atoms with van der Waals surface area (Å²) in [6, 6.07) is 5.47. The molecule has 0 aliphatic heterocycles. The Bertz CT molecular complexity index is 1640. The third-order valence-electron chi connectivity index (χ3n) is 6.56. The van der Waals surface area contributed by atoms with E-state index in [1.165, 1.54) is 0 Å². The molecule has 0 amide bonds. The molecule has 0 bridgehead atoms. The smallest absolute Gasteiger partial charge is 0.408 e. The van der Waals surface area contributed by atoms with Gasteiger partial charge in [0.15, 0.2) is 0 Å². The normalized spacial score (nSPS) is 14.1. The SMILES string of the molecule is COc1cc2c(cc1-c1c(C)noc1C)[nH]c1nc(C)nc(Nc3cc(C4CC4)nn3CC(F)(F)F)c12. The summed E-state index contributed by atoms with van der Waals surface area (Å²) in [4.78, 5) is 12.4. The molecule has 1 aliphatic rings. The number of rotatable bonds is 6. The number of ether oxygens (including phenoxy) is 1. The number of H-pyrrole nitrogens is 1. The summed E-state index contributed by atoms with van der Waals surface area (Å²) in [7, 11) is 1.58. The Labute approximate surface area is 209 Å². The molecule has 4 aromatic heterocycles. The Morgan fingerprint density at radius 3 is 2.59 bits per heavy atom. The lowest BCUT2D eigenvalue weighted by atomic mass is 10.0. The van der Waals surface area contributed by atoms with Gasteiger partial charge in [0.05, 0.1) is 29.4 Å². The van der Waals surface area contributed by atoms with Crippen LogP contribution in [0.3, 0.4) is 0 Å². The van der Waals surface area contributed by atoms with Crippen LogP contribution in [0.5, 0.6) is 5.75 Å². The molecule has 2 N–H and O–H groups in total. The summed E-state index contributed by atoms with van der Waals surface area (Å²) < 4.78 is 52.0. The van der Waals surface area contributed by atoms with Gasteiger partial charge in [-0.2, -0.15) is 18.3 Å². The second-order valence-corrected chi connectivity index (χ2v) is 9.39. The van der Waals surface area contributed by atoms with E-state index in [2.05, 4.69) is 30.5 Å². The van der Waals surface area contributed by atoms with Crippen molar-refractivity contribution >= 4 is 33.6 Å². The number of aromatic amines is 1. The Kier molecular flexibility index (Phi) is 5.18. The number of halogens is 3.